The van der Waals surface area contributed by atoms with Crippen molar-refractivity contribution in [1.82, 2.24) is 5.32 Å². The lowest BCUT2D eigenvalue weighted by Gasteiger charge is -2.19. The Bertz CT molecular complexity index is 1190. The molecule has 1 amide bonds. The molecule has 0 fully saturated rings. The third kappa shape index (κ3) is 65.4. The molecule has 78 heavy (non-hydrogen) atoms. The van der Waals surface area contributed by atoms with Crippen molar-refractivity contribution in [1.29, 1.82) is 0 Å². The van der Waals surface area contributed by atoms with Gasteiger partial charge in [-0.05, 0) is 57.8 Å². The van der Waals surface area contributed by atoms with Crippen LogP contribution in [-0.2, 0) is 4.79 Å². The minimum absolute atomic E-state index is 0.0649. The molecule has 3 N–H and O–H groups in total. The van der Waals surface area contributed by atoms with Crippen LogP contribution < -0.4 is 5.32 Å². The van der Waals surface area contributed by atoms with Gasteiger partial charge in [0.2, 0.25) is 5.91 Å². The van der Waals surface area contributed by atoms with Crippen molar-refractivity contribution in [2.75, 3.05) is 6.61 Å². The molecule has 0 aromatic carbocycles. The van der Waals surface area contributed by atoms with Crippen molar-refractivity contribution in [3.05, 3.63) is 36.5 Å². The fourth-order valence-electron chi connectivity index (χ4n) is 11.6. The van der Waals surface area contributed by atoms with Crippen LogP contribution in [0.4, 0.5) is 0 Å². The molecule has 4 nitrogen and oxygen atoms in total. The highest BCUT2D eigenvalue weighted by Crippen LogP contribution is 2.19. The Morgan fingerprint density at radius 3 is 0.744 bits per heavy atom. The largest absolute Gasteiger partial charge is 0.394 e. The predicted octanol–water partition coefficient (Wildman–Crippen LogP) is 24.7. The zero-order valence-corrected chi connectivity index (χ0v) is 53.5. The van der Waals surface area contributed by atoms with Gasteiger partial charge >= 0.3 is 0 Å². The van der Waals surface area contributed by atoms with E-state index in [4.69, 9.17) is 0 Å². The van der Waals surface area contributed by atoms with E-state index in [1.807, 2.05) is 6.08 Å². The maximum Gasteiger partial charge on any atom is 0.220 e. The van der Waals surface area contributed by atoms with Crippen LogP contribution in [0.15, 0.2) is 36.5 Å². The van der Waals surface area contributed by atoms with Gasteiger partial charge in [-0.15, -0.1) is 0 Å². The molecule has 0 heterocycles. The average molecular weight is 1090 g/mol. The molecule has 0 aromatic heterocycles. The van der Waals surface area contributed by atoms with Crippen molar-refractivity contribution in [2.24, 2.45) is 0 Å². The number of hydrogen-bond acceptors (Lipinski definition) is 3. The monoisotopic (exact) mass is 1090 g/mol. The Morgan fingerprint density at radius 1 is 0.295 bits per heavy atom. The van der Waals surface area contributed by atoms with Crippen LogP contribution >= 0.6 is 0 Å². The highest BCUT2D eigenvalue weighted by Gasteiger charge is 2.18. The summed E-state index contributed by atoms with van der Waals surface area (Å²) in [6, 6.07) is -0.639. The van der Waals surface area contributed by atoms with Crippen LogP contribution in [-0.4, -0.2) is 34.9 Å². The van der Waals surface area contributed by atoms with Crippen LogP contribution in [0, 0.1) is 0 Å². The number of aliphatic hydroxyl groups excluding tert-OH is 2. The van der Waals surface area contributed by atoms with E-state index in [1.165, 1.54) is 360 Å². The van der Waals surface area contributed by atoms with E-state index in [-0.39, 0.29) is 12.5 Å². The highest BCUT2D eigenvalue weighted by molar-refractivity contribution is 5.76. The van der Waals surface area contributed by atoms with Crippen LogP contribution in [0.2, 0.25) is 0 Å². The summed E-state index contributed by atoms with van der Waals surface area (Å²) in [5, 5.41) is 23.3. The van der Waals surface area contributed by atoms with Crippen LogP contribution in [0.1, 0.15) is 412 Å². The standard InChI is InChI=1S/C74H143NO3/c1-3-5-7-9-11-13-15-17-19-21-23-25-27-29-31-33-35-36-37-38-40-42-44-46-48-50-52-54-56-58-60-62-64-66-68-70-74(78)75-72(71-76)73(77)69-67-65-63-61-59-57-55-53-51-49-47-45-43-41-39-34-32-30-28-26-24-22-20-18-16-14-12-10-8-6-4-2/h21,23,59,61,67,69,72-73,76-77H,3-20,22,24-58,60,62-66,68,70-71H2,1-2H3,(H,75,78)/b23-21-,61-59+,69-67+. The van der Waals surface area contributed by atoms with Crippen LogP contribution in [0.25, 0.3) is 0 Å². The minimum atomic E-state index is -0.863. The number of allylic oxidation sites excluding steroid dienone is 5. The SMILES string of the molecule is CCCCCCCCCC/C=C\CCCCCCCCCCCCCCCCCCCCCCCCCC(=O)NC(CO)C(O)/C=C/CC/C=C/CCCCCCCCCCCCCCCCCCCCCCCCCCC. The lowest BCUT2D eigenvalue weighted by atomic mass is 10.0. The van der Waals surface area contributed by atoms with Gasteiger partial charge in [-0.2, -0.15) is 0 Å². The number of aliphatic hydroxyl groups is 2. The van der Waals surface area contributed by atoms with Crippen LogP contribution in [0.3, 0.4) is 0 Å². The molecule has 0 saturated heterocycles. The lowest BCUT2D eigenvalue weighted by molar-refractivity contribution is -0.123. The van der Waals surface area contributed by atoms with E-state index in [0.717, 1.165) is 32.1 Å². The fourth-order valence-corrected chi connectivity index (χ4v) is 11.6. The van der Waals surface area contributed by atoms with Gasteiger partial charge in [-0.25, -0.2) is 0 Å². The molecule has 0 aliphatic carbocycles. The number of carbonyl (C=O) groups excluding carboxylic acids is 1. The Morgan fingerprint density at radius 2 is 0.500 bits per heavy atom. The zero-order valence-electron chi connectivity index (χ0n) is 53.5. The average Bonchev–Trinajstić information content (AvgIpc) is 3.44. The molecule has 0 radical (unpaired) electrons. The Balaban J connectivity index is 3.43. The van der Waals surface area contributed by atoms with Crippen LogP contribution in [0.5, 0.6) is 0 Å². The highest BCUT2D eigenvalue weighted by atomic mass is 16.3. The summed E-state index contributed by atoms with van der Waals surface area (Å²) in [5.74, 6) is -0.0649. The van der Waals surface area contributed by atoms with Gasteiger partial charge in [0.15, 0.2) is 0 Å². The van der Waals surface area contributed by atoms with Gasteiger partial charge < -0.3 is 15.5 Å². The number of hydrogen-bond donors (Lipinski definition) is 3. The molecular weight excluding hydrogens is 951 g/mol. The van der Waals surface area contributed by atoms with Gasteiger partial charge in [-0.1, -0.05) is 384 Å². The molecular formula is C74H143NO3. The summed E-state index contributed by atoms with van der Waals surface area (Å²) in [6.45, 7) is 4.35. The molecule has 0 bridgehead atoms. The Labute approximate surface area is 491 Å². The van der Waals surface area contributed by atoms with Gasteiger partial charge in [0.1, 0.15) is 0 Å². The number of unbranched alkanes of at least 4 members (excludes halogenated alkanes) is 57. The second kappa shape index (κ2) is 69.9. The second-order valence-electron chi connectivity index (χ2n) is 25.0. The first-order valence-corrected chi connectivity index (χ1v) is 36.2. The summed E-state index contributed by atoms with van der Waals surface area (Å²) in [4.78, 5) is 12.5. The molecule has 0 aromatic rings. The smallest absolute Gasteiger partial charge is 0.220 e. The first-order valence-electron chi connectivity index (χ1n) is 36.2. The third-order valence-corrected chi connectivity index (χ3v) is 17.1. The van der Waals surface area contributed by atoms with Gasteiger partial charge in [-0.3, -0.25) is 4.79 Å². The van der Waals surface area contributed by atoms with E-state index in [2.05, 4.69) is 43.5 Å². The summed E-state index contributed by atoms with van der Waals surface area (Å²) in [7, 11) is 0. The zero-order chi connectivity index (χ0) is 56.2. The molecule has 462 valence electrons. The molecule has 0 spiro atoms. The first-order chi connectivity index (χ1) is 38.7. The van der Waals surface area contributed by atoms with E-state index in [0.29, 0.717) is 6.42 Å². The van der Waals surface area contributed by atoms with E-state index < -0.39 is 12.1 Å². The molecule has 0 aliphatic heterocycles. The molecule has 0 saturated carbocycles. The predicted molar refractivity (Wildman–Crippen MR) is 350 cm³/mol. The first kappa shape index (κ1) is 76.6. The summed E-state index contributed by atoms with van der Waals surface area (Å²) in [5.41, 5.74) is 0. The van der Waals surface area contributed by atoms with Gasteiger partial charge in [0.05, 0.1) is 18.8 Å². The van der Waals surface area contributed by atoms with E-state index in [9.17, 15) is 15.0 Å². The maximum absolute atomic E-state index is 12.5. The summed E-state index contributed by atoms with van der Waals surface area (Å²) in [6.07, 6.45) is 96.9. The van der Waals surface area contributed by atoms with Gasteiger partial charge in [0.25, 0.3) is 0 Å². The summed E-state index contributed by atoms with van der Waals surface area (Å²) >= 11 is 0. The molecule has 0 aliphatic rings. The van der Waals surface area contributed by atoms with Crippen molar-refractivity contribution in [3.63, 3.8) is 0 Å². The third-order valence-electron chi connectivity index (χ3n) is 17.1. The van der Waals surface area contributed by atoms with Gasteiger partial charge in [0, 0.05) is 6.42 Å². The topological polar surface area (TPSA) is 69.6 Å². The number of rotatable bonds is 68. The van der Waals surface area contributed by atoms with E-state index in [1.54, 1.807) is 6.08 Å². The Hall–Kier alpha value is -1.39. The normalized spacial score (nSPS) is 12.8. The molecule has 0 rings (SSSR count). The quantitative estimate of drug-likeness (QED) is 0.0420. The van der Waals surface area contributed by atoms with Crippen molar-refractivity contribution >= 4 is 5.91 Å². The number of nitrogens with one attached hydrogen (secondary N) is 1. The van der Waals surface area contributed by atoms with Crippen molar-refractivity contribution in [3.8, 4) is 0 Å². The van der Waals surface area contributed by atoms with Crippen molar-refractivity contribution < 1.29 is 15.0 Å². The second-order valence-corrected chi connectivity index (χ2v) is 25.0. The van der Waals surface area contributed by atoms with E-state index >= 15 is 0 Å². The minimum Gasteiger partial charge on any atom is -0.394 e. The van der Waals surface area contributed by atoms with Crippen molar-refractivity contribution in [2.45, 2.75) is 424 Å². The maximum atomic E-state index is 12.5. The molecule has 2 atom stereocenters. The Kier molecular flexibility index (Phi) is 68.6. The molecule has 2 unspecified atom stereocenters. The fraction of sp³-hybridized carbons (Fsp3) is 0.905. The number of amides is 1. The molecule has 4 heteroatoms. The number of carbonyl (C=O) groups is 1. The summed E-state index contributed by atoms with van der Waals surface area (Å²) < 4.78 is 0. The lowest BCUT2D eigenvalue weighted by Crippen LogP contribution is -2.45.